The summed E-state index contributed by atoms with van der Waals surface area (Å²) in [7, 11) is -3.23. The zero-order valence-corrected chi connectivity index (χ0v) is 10.9. The Morgan fingerprint density at radius 1 is 1.37 bits per heavy atom. The largest absolute Gasteiger partial charge is 0.411 e. The van der Waals surface area contributed by atoms with Crippen molar-refractivity contribution in [1.29, 1.82) is 0 Å². The minimum atomic E-state index is -3.23. The number of hydrogen-bond acceptors (Lipinski definition) is 6. The van der Waals surface area contributed by atoms with Crippen molar-refractivity contribution in [3.8, 4) is 0 Å². The van der Waals surface area contributed by atoms with E-state index in [1.54, 1.807) is 12.1 Å². The van der Waals surface area contributed by atoms with Crippen molar-refractivity contribution in [2.45, 2.75) is 11.4 Å². The molecule has 100 valence electrons. The van der Waals surface area contributed by atoms with E-state index in [0.29, 0.717) is 11.3 Å². The second kappa shape index (κ2) is 5.19. The molecule has 0 fully saturated rings. The van der Waals surface area contributed by atoms with Crippen LogP contribution in [0.25, 0.3) is 0 Å². The Balaban J connectivity index is 2.25. The van der Waals surface area contributed by atoms with Crippen molar-refractivity contribution >= 4 is 15.5 Å². The van der Waals surface area contributed by atoms with Crippen LogP contribution in [0.1, 0.15) is 5.56 Å². The lowest BCUT2D eigenvalue weighted by Crippen LogP contribution is -2.12. The highest BCUT2D eigenvalue weighted by atomic mass is 32.2. The first-order chi connectivity index (χ1) is 9.00. The van der Waals surface area contributed by atoms with E-state index in [1.165, 1.54) is 29.5 Å². The van der Waals surface area contributed by atoms with Gasteiger partial charge in [-0.05, 0) is 12.1 Å². The lowest BCUT2D eigenvalue weighted by Gasteiger charge is -2.05. The average molecular weight is 280 g/mol. The molecular weight excluding hydrogens is 268 g/mol. The summed E-state index contributed by atoms with van der Waals surface area (Å²) in [4.78, 5) is 4.00. The summed E-state index contributed by atoms with van der Waals surface area (Å²) < 4.78 is 24.2. The predicted octanol–water partition coefficient (Wildman–Crippen LogP) is 0.560. The van der Waals surface area contributed by atoms with E-state index in [4.69, 9.17) is 5.21 Å². The zero-order chi connectivity index (χ0) is 13.9. The monoisotopic (exact) mass is 280 g/mol. The van der Waals surface area contributed by atoms with Crippen LogP contribution in [0.2, 0.25) is 0 Å². The second-order valence-electron chi connectivity index (χ2n) is 3.94. The Labute approximate surface area is 110 Å². The van der Waals surface area contributed by atoms with Crippen molar-refractivity contribution in [3.63, 3.8) is 0 Å². The van der Waals surface area contributed by atoms with Gasteiger partial charge in [-0.25, -0.2) is 18.1 Å². The highest BCUT2D eigenvalue weighted by Crippen LogP contribution is 2.11. The highest BCUT2D eigenvalue weighted by molar-refractivity contribution is 7.90. The van der Waals surface area contributed by atoms with E-state index in [1.807, 2.05) is 0 Å². The fraction of sp³-hybridized carbons (Fsp3) is 0.182. The van der Waals surface area contributed by atoms with E-state index < -0.39 is 9.84 Å². The maximum atomic E-state index is 11.3. The van der Waals surface area contributed by atoms with Crippen molar-refractivity contribution in [2.75, 3.05) is 6.26 Å². The van der Waals surface area contributed by atoms with Crippen LogP contribution < -0.4 is 0 Å². The Morgan fingerprint density at radius 3 is 2.53 bits per heavy atom. The number of oxime groups is 1. The van der Waals surface area contributed by atoms with Gasteiger partial charge in [0.1, 0.15) is 18.4 Å². The normalized spacial score (nSPS) is 12.6. The molecule has 0 saturated carbocycles. The number of benzene rings is 1. The van der Waals surface area contributed by atoms with Crippen LogP contribution >= 0.6 is 0 Å². The topological polar surface area (TPSA) is 97.4 Å². The van der Waals surface area contributed by atoms with Gasteiger partial charge in [0, 0.05) is 11.8 Å². The summed E-state index contributed by atoms with van der Waals surface area (Å²) in [5, 5.41) is 16.1. The van der Waals surface area contributed by atoms with E-state index in [2.05, 4.69) is 15.2 Å². The maximum absolute atomic E-state index is 11.3. The van der Waals surface area contributed by atoms with Crippen molar-refractivity contribution < 1.29 is 13.6 Å². The molecule has 1 N–H and O–H groups in total. The molecule has 0 aliphatic carbocycles. The van der Waals surface area contributed by atoms with Gasteiger partial charge in [-0.15, -0.1) is 0 Å². The van der Waals surface area contributed by atoms with Crippen LogP contribution in [0.4, 0.5) is 0 Å². The van der Waals surface area contributed by atoms with Crippen LogP contribution in [0.3, 0.4) is 0 Å². The van der Waals surface area contributed by atoms with Gasteiger partial charge >= 0.3 is 0 Å². The van der Waals surface area contributed by atoms with Crippen LogP contribution in [-0.4, -0.2) is 40.4 Å². The Bertz CT molecular complexity index is 675. The predicted molar refractivity (Wildman–Crippen MR) is 67.9 cm³/mol. The molecule has 0 atom stereocenters. The van der Waals surface area contributed by atoms with Gasteiger partial charge in [-0.3, -0.25) is 0 Å². The number of sulfone groups is 1. The van der Waals surface area contributed by atoms with Gasteiger partial charge in [0.2, 0.25) is 0 Å². The van der Waals surface area contributed by atoms with Crippen LogP contribution in [0.15, 0.2) is 47.0 Å². The van der Waals surface area contributed by atoms with Crippen LogP contribution in [0, 0.1) is 0 Å². The molecule has 0 bridgehead atoms. The Hall–Kier alpha value is -2.22. The molecule has 1 heterocycles. The smallest absolute Gasteiger partial charge is 0.175 e. The molecule has 2 aromatic rings. The molecular formula is C11H12N4O3S. The average Bonchev–Trinajstić information content (AvgIpc) is 2.88. The third-order valence-electron chi connectivity index (χ3n) is 2.51. The number of aromatic nitrogens is 3. The molecule has 0 radical (unpaired) electrons. The van der Waals surface area contributed by atoms with E-state index in [-0.39, 0.29) is 11.4 Å². The van der Waals surface area contributed by atoms with Crippen LogP contribution in [-0.2, 0) is 16.4 Å². The summed E-state index contributed by atoms with van der Waals surface area (Å²) in [5.41, 5.74) is 0.982. The SMILES string of the molecule is CS(=O)(=O)c1ccc(/C(Cn2cncn2)=N/O)cc1. The molecule has 0 aliphatic heterocycles. The molecule has 1 aromatic carbocycles. The summed E-state index contributed by atoms with van der Waals surface area (Å²) in [6, 6.07) is 6.11. The zero-order valence-electron chi connectivity index (χ0n) is 10.1. The standard InChI is InChI=1S/C11H12N4O3S/c1-19(17,18)10-4-2-9(3-5-10)11(14-16)6-15-8-12-7-13-15/h2-5,7-8,16H,6H2,1H3/b14-11+. The van der Waals surface area contributed by atoms with Crippen molar-refractivity contribution in [2.24, 2.45) is 5.16 Å². The number of rotatable bonds is 4. The van der Waals surface area contributed by atoms with Crippen molar-refractivity contribution in [1.82, 2.24) is 14.8 Å². The fourth-order valence-electron chi connectivity index (χ4n) is 1.54. The lowest BCUT2D eigenvalue weighted by molar-refractivity contribution is 0.317. The van der Waals surface area contributed by atoms with E-state index in [9.17, 15) is 8.42 Å². The summed E-state index contributed by atoms with van der Waals surface area (Å²) in [6.07, 6.45) is 4.01. The third-order valence-corrected chi connectivity index (χ3v) is 3.64. The minimum absolute atomic E-state index is 0.217. The van der Waals surface area contributed by atoms with Crippen LogP contribution in [0.5, 0.6) is 0 Å². The molecule has 2 rings (SSSR count). The lowest BCUT2D eigenvalue weighted by atomic mass is 10.1. The number of nitrogens with zero attached hydrogens (tertiary/aromatic N) is 4. The van der Waals surface area contributed by atoms with Gasteiger partial charge in [-0.2, -0.15) is 5.10 Å². The molecule has 7 nitrogen and oxygen atoms in total. The Morgan fingerprint density at radius 2 is 2.05 bits per heavy atom. The first-order valence-electron chi connectivity index (χ1n) is 5.34. The molecule has 8 heteroatoms. The Kier molecular flexibility index (Phi) is 3.61. The van der Waals surface area contributed by atoms with Gasteiger partial charge in [-0.1, -0.05) is 17.3 Å². The molecule has 1 aromatic heterocycles. The van der Waals surface area contributed by atoms with Gasteiger partial charge in [0.25, 0.3) is 0 Å². The molecule has 0 spiro atoms. The maximum Gasteiger partial charge on any atom is 0.175 e. The first-order valence-corrected chi connectivity index (χ1v) is 7.23. The summed E-state index contributed by atoms with van der Waals surface area (Å²) in [6.45, 7) is 0.245. The summed E-state index contributed by atoms with van der Waals surface area (Å²) >= 11 is 0. The minimum Gasteiger partial charge on any atom is -0.411 e. The van der Waals surface area contributed by atoms with E-state index in [0.717, 1.165) is 6.26 Å². The molecule has 0 aliphatic rings. The van der Waals surface area contributed by atoms with Gasteiger partial charge < -0.3 is 5.21 Å². The highest BCUT2D eigenvalue weighted by Gasteiger charge is 2.10. The van der Waals surface area contributed by atoms with Crippen molar-refractivity contribution in [3.05, 3.63) is 42.5 Å². The quantitative estimate of drug-likeness (QED) is 0.501. The molecule has 0 unspecified atom stereocenters. The molecule has 0 amide bonds. The van der Waals surface area contributed by atoms with Gasteiger partial charge in [0.15, 0.2) is 9.84 Å². The summed E-state index contributed by atoms with van der Waals surface area (Å²) in [5.74, 6) is 0. The first kappa shape index (κ1) is 13.2. The third kappa shape index (κ3) is 3.16. The second-order valence-corrected chi connectivity index (χ2v) is 5.95. The fourth-order valence-corrected chi connectivity index (χ4v) is 2.17. The molecule has 0 saturated heterocycles. The molecule has 19 heavy (non-hydrogen) atoms. The van der Waals surface area contributed by atoms with Gasteiger partial charge in [0.05, 0.1) is 11.4 Å². The number of hydrogen-bond donors (Lipinski definition) is 1. The van der Waals surface area contributed by atoms with E-state index >= 15 is 0 Å².